The summed E-state index contributed by atoms with van der Waals surface area (Å²) in [6, 6.07) is 11.4. The lowest BCUT2D eigenvalue weighted by Gasteiger charge is -2.32. The fraction of sp³-hybridized carbons (Fsp3) is 0.273. The zero-order chi connectivity index (χ0) is 22.7. The van der Waals surface area contributed by atoms with Crippen molar-refractivity contribution in [3.05, 3.63) is 70.8 Å². The molecule has 2 aromatic heterocycles. The Morgan fingerprint density at radius 3 is 2.56 bits per heavy atom. The Morgan fingerprint density at radius 2 is 1.91 bits per heavy atom. The first-order chi connectivity index (χ1) is 15.4. The predicted molar refractivity (Wildman–Crippen MR) is 122 cm³/mol. The third kappa shape index (κ3) is 4.59. The largest absolute Gasteiger partial charge is 0.369 e. The summed E-state index contributed by atoms with van der Waals surface area (Å²) in [5.74, 6) is 0.119. The topological polar surface area (TPSA) is 113 Å². The van der Waals surface area contributed by atoms with Crippen LogP contribution in [0.3, 0.4) is 0 Å². The molecule has 0 bridgehead atoms. The number of anilines is 5. The molecule has 3 heterocycles. The first kappa shape index (κ1) is 21.4. The van der Waals surface area contributed by atoms with Crippen LogP contribution in [0.2, 0.25) is 0 Å². The normalized spacial score (nSPS) is 14.3. The summed E-state index contributed by atoms with van der Waals surface area (Å²) in [5, 5.41) is 14.4. The van der Waals surface area contributed by atoms with Gasteiger partial charge in [0.15, 0.2) is 0 Å². The van der Waals surface area contributed by atoms with Crippen LogP contribution < -0.4 is 20.9 Å². The van der Waals surface area contributed by atoms with Gasteiger partial charge in [0.1, 0.15) is 11.6 Å². The number of nitro groups is 1. The van der Waals surface area contributed by atoms with Crippen LogP contribution in [0.4, 0.5) is 38.8 Å². The molecule has 0 saturated carbocycles. The van der Waals surface area contributed by atoms with E-state index in [0.29, 0.717) is 30.3 Å². The van der Waals surface area contributed by atoms with Gasteiger partial charge in [0.2, 0.25) is 5.82 Å². The number of piperidine rings is 1. The molecule has 9 nitrogen and oxygen atoms in total. The number of rotatable bonds is 6. The van der Waals surface area contributed by atoms with E-state index in [-0.39, 0.29) is 17.5 Å². The van der Waals surface area contributed by atoms with Crippen molar-refractivity contribution >= 4 is 34.4 Å². The van der Waals surface area contributed by atoms with Gasteiger partial charge in [0.05, 0.1) is 10.6 Å². The maximum Gasteiger partial charge on any atom is 0.311 e. The monoisotopic (exact) mass is 437 g/mol. The van der Waals surface area contributed by atoms with Gasteiger partial charge in [0, 0.05) is 56.0 Å². The molecule has 0 aliphatic carbocycles. The highest BCUT2D eigenvalue weighted by Gasteiger charge is 2.21. The van der Waals surface area contributed by atoms with Crippen LogP contribution in [0.15, 0.2) is 54.9 Å². The van der Waals surface area contributed by atoms with Crippen molar-refractivity contribution in [2.75, 3.05) is 35.3 Å². The molecule has 0 atom stereocenters. The van der Waals surface area contributed by atoms with Gasteiger partial charge in [0.25, 0.3) is 0 Å². The average molecular weight is 437 g/mol. The molecule has 4 rings (SSSR count). The van der Waals surface area contributed by atoms with Crippen molar-refractivity contribution in [1.29, 1.82) is 0 Å². The molecule has 3 N–H and O–H groups in total. The van der Waals surface area contributed by atoms with Gasteiger partial charge in [-0.05, 0) is 49.2 Å². The maximum atomic E-state index is 14.8. The third-order valence-electron chi connectivity index (χ3n) is 5.54. The zero-order valence-electron chi connectivity index (χ0n) is 17.6. The minimum atomic E-state index is -0.521. The first-order valence-electron chi connectivity index (χ1n) is 10.3. The van der Waals surface area contributed by atoms with Crippen molar-refractivity contribution in [2.45, 2.75) is 18.9 Å². The molecule has 166 valence electrons. The van der Waals surface area contributed by atoms with Crippen molar-refractivity contribution in [2.24, 2.45) is 5.73 Å². The van der Waals surface area contributed by atoms with Crippen LogP contribution >= 0.6 is 0 Å². The lowest BCUT2D eigenvalue weighted by Crippen LogP contribution is -2.40. The minimum Gasteiger partial charge on any atom is -0.369 e. The maximum absolute atomic E-state index is 14.8. The Bertz CT molecular complexity index is 1100. The van der Waals surface area contributed by atoms with E-state index < -0.39 is 10.7 Å². The number of hydrogen-bond acceptors (Lipinski definition) is 8. The van der Waals surface area contributed by atoms with E-state index in [1.54, 1.807) is 54.7 Å². The number of benzene rings is 1. The van der Waals surface area contributed by atoms with Gasteiger partial charge in [-0.2, -0.15) is 0 Å². The Kier molecular flexibility index (Phi) is 6.13. The molecular formula is C22H24FN7O2. The van der Waals surface area contributed by atoms with E-state index in [1.165, 1.54) is 12.1 Å². The summed E-state index contributed by atoms with van der Waals surface area (Å²) in [4.78, 5) is 23.2. The summed E-state index contributed by atoms with van der Waals surface area (Å²) in [6.07, 6.45) is 4.92. The average Bonchev–Trinajstić information content (AvgIpc) is 2.80. The fourth-order valence-corrected chi connectivity index (χ4v) is 3.69. The molecule has 0 amide bonds. The van der Waals surface area contributed by atoms with E-state index in [9.17, 15) is 14.5 Å². The van der Waals surface area contributed by atoms with Crippen LogP contribution in [0.25, 0.3) is 0 Å². The van der Waals surface area contributed by atoms with Crippen molar-refractivity contribution in [3.8, 4) is 0 Å². The third-order valence-corrected chi connectivity index (χ3v) is 5.54. The van der Waals surface area contributed by atoms with Crippen LogP contribution in [0.1, 0.15) is 12.8 Å². The number of nitrogens with one attached hydrogen (secondary N) is 1. The zero-order valence-corrected chi connectivity index (χ0v) is 17.6. The number of pyridine rings is 2. The fourth-order valence-electron chi connectivity index (χ4n) is 3.69. The molecule has 1 aromatic carbocycles. The summed E-state index contributed by atoms with van der Waals surface area (Å²) < 4.78 is 14.8. The Morgan fingerprint density at radius 1 is 1.19 bits per heavy atom. The molecule has 1 aliphatic heterocycles. The number of aromatic nitrogens is 2. The molecule has 1 saturated heterocycles. The van der Waals surface area contributed by atoms with Gasteiger partial charge in [-0.15, -0.1) is 0 Å². The predicted octanol–water partition coefficient (Wildman–Crippen LogP) is 3.96. The van der Waals surface area contributed by atoms with E-state index in [1.807, 2.05) is 4.90 Å². The molecular weight excluding hydrogens is 413 g/mol. The molecule has 1 fully saturated rings. The van der Waals surface area contributed by atoms with E-state index in [0.717, 1.165) is 18.5 Å². The second kappa shape index (κ2) is 9.15. The first-order valence-corrected chi connectivity index (χ1v) is 10.3. The highest BCUT2D eigenvalue weighted by molar-refractivity contribution is 5.71. The quantitative estimate of drug-likeness (QED) is 0.440. The molecule has 3 aromatic rings. The number of nitrogens with zero attached hydrogens (tertiary/aromatic N) is 5. The Labute approximate surface area is 184 Å². The van der Waals surface area contributed by atoms with Crippen LogP contribution in [0, 0.1) is 15.9 Å². The van der Waals surface area contributed by atoms with Crippen molar-refractivity contribution in [3.63, 3.8) is 0 Å². The van der Waals surface area contributed by atoms with Gasteiger partial charge in [-0.1, -0.05) is 0 Å². The molecule has 0 unspecified atom stereocenters. The highest BCUT2D eigenvalue weighted by atomic mass is 19.1. The summed E-state index contributed by atoms with van der Waals surface area (Å²) >= 11 is 0. The molecule has 10 heteroatoms. The van der Waals surface area contributed by atoms with Crippen molar-refractivity contribution in [1.82, 2.24) is 9.97 Å². The van der Waals surface area contributed by atoms with E-state index in [2.05, 4.69) is 15.3 Å². The van der Waals surface area contributed by atoms with E-state index >= 15 is 0 Å². The number of halogens is 1. The minimum absolute atomic E-state index is 0.0319. The second-order valence-electron chi connectivity index (χ2n) is 7.67. The van der Waals surface area contributed by atoms with Crippen LogP contribution in [-0.2, 0) is 0 Å². The standard InChI is InChI=1S/C22H24FN7O2/c1-28(17-6-10-25-11-7-17)21-5-4-20(30(31)32)22(27-21)26-16-2-3-19(18(23)14-16)29-12-8-15(24)9-13-29/h2-7,10-11,14-15H,8-9,12-13,24H2,1H3,(H,26,27). The highest BCUT2D eigenvalue weighted by Crippen LogP contribution is 2.32. The van der Waals surface area contributed by atoms with Gasteiger partial charge < -0.3 is 20.9 Å². The second-order valence-corrected chi connectivity index (χ2v) is 7.67. The molecule has 0 radical (unpaired) electrons. The summed E-state index contributed by atoms with van der Waals surface area (Å²) in [6.45, 7) is 1.39. The number of nitrogens with two attached hydrogens (primary N) is 1. The molecule has 32 heavy (non-hydrogen) atoms. The molecule has 0 spiro atoms. The smallest absolute Gasteiger partial charge is 0.311 e. The van der Waals surface area contributed by atoms with Crippen LogP contribution in [-0.4, -0.2) is 41.1 Å². The van der Waals surface area contributed by atoms with Crippen LogP contribution in [0.5, 0.6) is 0 Å². The lowest BCUT2D eigenvalue weighted by atomic mass is 10.1. The summed E-state index contributed by atoms with van der Waals surface area (Å²) in [5.41, 5.74) is 7.42. The SMILES string of the molecule is CN(c1ccncc1)c1ccc([N+](=O)[O-])c(Nc2ccc(N3CCC(N)CC3)c(F)c2)n1. The lowest BCUT2D eigenvalue weighted by molar-refractivity contribution is -0.384. The summed E-state index contributed by atoms with van der Waals surface area (Å²) in [7, 11) is 1.80. The van der Waals surface area contributed by atoms with Gasteiger partial charge in [-0.3, -0.25) is 15.1 Å². The Hall–Kier alpha value is -3.79. The number of hydrogen-bond donors (Lipinski definition) is 2. The van der Waals surface area contributed by atoms with Crippen molar-refractivity contribution < 1.29 is 9.31 Å². The molecule has 1 aliphatic rings. The van der Waals surface area contributed by atoms with Gasteiger partial charge >= 0.3 is 5.69 Å². The Balaban J connectivity index is 1.60. The van der Waals surface area contributed by atoms with Gasteiger partial charge in [-0.25, -0.2) is 9.37 Å². The van der Waals surface area contributed by atoms with E-state index in [4.69, 9.17) is 5.73 Å².